The van der Waals surface area contributed by atoms with Gasteiger partial charge in [0.1, 0.15) is 0 Å². The molecule has 1 atom stereocenters. The van der Waals surface area contributed by atoms with Crippen molar-refractivity contribution in [2.75, 3.05) is 18.8 Å². The Labute approximate surface area is 107 Å². The molecule has 6 heteroatoms. The molecule has 0 amide bonds. The Balaban J connectivity index is 2.35. The van der Waals surface area contributed by atoms with E-state index in [1.165, 1.54) is 10.4 Å². The maximum Gasteiger partial charge on any atom is 0.243 e. The van der Waals surface area contributed by atoms with Gasteiger partial charge in [-0.3, -0.25) is 0 Å². The highest BCUT2D eigenvalue weighted by molar-refractivity contribution is 7.89. The van der Waals surface area contributed by atoms with Gasteiger partial charge < -0.3 is 10.8 Å². The monoisotopic (exact) mass is 270 g/mol. The molecule has 0 saturated carbocycles. The van der Waals surface area contributed by atoms with E-state index < -0.39 is 16.1 Å². The molecule has 1 heterocycles. The van der Waals surface area contributed by atoms with Gasteiger partial charge in [-0.2, -0.15) is 4.31 Å². The summed E-state index contributed by atoms with van der Waals surface area (Å²) in [5.74, 6) is 0. The lowest BCUT2D eigenvalue weighted by Crippen LogP contribution is -2.42. The maximum atomic E-state index is 12.4. The van der Waals surface area contributed by atoms with Crippen molar-refractivity contribution in [2.24, 2.45) is 0 Å². The summed E-state index contributed by atoms with van der Waals surface area (Å²) in [6.45, 7) is 2.42. The van der Waals surface area contributed by atoms with Crippen LogP contribution in [0.1, 0.15) is 18.4 Å². The van der Waals surface area contributed by atoms with E-state index in [0.717, 1.165) is 5.56 Å². The first-order valence-corrected chi connectivity index (χ1v) is 7.39. The Bertz CT molecular complexity index is 522. The predicted molar refractivity (Wildman–Crippen MR) is 69.6 cm³/mol. The highest BCUT2D eigenvalue weighted by Crippen LogP contribution is 2.23. The van der Waals surface area contributed by atoms with Crippen LogP contribution in [-0.2, 0) is 10.0 Å². The van der Waals surface area contributed by atoms with Crippen molar-refractivity contribution >= 4 is 15.7 Å². The van der Waals surface area contributed by atoms with E-state index in [0.29, 0.717) is 25.1 Å². The van der Waals surface area contributed by atoms with E-state index in [1.54, 1.807) is 19.1 Å². The first kappa shape index (κ1) is 13.3. The highest BCUT2D eigenvalue weighted by atomic mass is 32.2. The molecule has 0 radical (unpaired) electrons. The summed E-state index contributed by atoms with van der Waals surface area (Å²) >= 11 is 0. The van der Waals surface area contributed by atoms with E-state index in [9.17, 15) is 13.5 Å². The number of hydrogen-bond acceptors (Lipinski definition) is 4. The summed E-state index contributed by atoms with van der Waals surface area (Å²) in [5, 5.41) is 9.57. The first-order chi connectivity index (χ1) is 8.39. The quantitative estimate of drug-likeness (QED) is 0.776. The molecule has 0 unspecified atom stereocenters. The van der Waals surface area contributed by atoms with E-state index in [2.05, 4.69) is 0 Å². The topological polar surface area (TPSA) is 83.6 Å². The third kappa shape index (κ3) is 2.66. The van der Waals surface area contributed by atoms with Crippen molar-refractivity contribution in [3.63, 3.8) is 0 Å². The Hall–Kier alpha value is -1.11. The van der Waals surface area contributed by atoms with Crippen LogP contribution < -0.4 is 5.73 Å². The number of nitrogens with zero attached hydrogens (tertiary/aromatic N) is 1. The fourth-order valence-corrected chi connectivity index (χ4v) is 3.87. The lowest BCUT2D eigenvalue weighted by Gasteiger charge is -2.29. The summed E-state index contributed by atoms with van der Waals surface area (Å²) < 4.78 is 26.1. The lowest BCUT2D eigenvalue weighted by atomic mass is 10.1. The van der Waals surface area contributed by atoms with Gasteiger partial charge in [-0.05, 0) is 43.5 Å². The Morgan fingerprint density at radius 2 is 2.11 bits per heavy atom. The number of benzene rings is 1. The lowest BCUT2D eigenvalue weighted by molar-refractivity contribution is 0.108. The van der Waals surface area contributed by atoms with Gasteiger partial charge in [-0.25, -0.2) is 8.42 Å². The van der Waals surface area contributed by atoms with Crippen molar-refractivity contribution < 1.29 is 13.5 Å². The molecule has 1 aliphatic heterocycles. The van der Waals surface area contributed by atoms with Crippen LogP contribution in [0.3, 0.4) is 0 Å². The van der Waals surface area contributed by atoms with Crippen LogP contribution in [0, 0.1) is 6.92 Å². The van der Waals surface area contributed by atoms with Gasteiger partial charge in [0.05, 0.1) is 11.0 Å². The normalized spacial score (nSPS) is 22.0. The third-order valence-corrected chi connectivity index (χ3v) is 4.91. The average Bonchev–Trinajstić information content (AvgIpc) is 2.27. The van der Waals surface area contributed by atoms with E-state index in [4.69, 9.17) is 5.73 Å². The minimum absolute atomic E-state index is 0.163. The zero-order valence-electron chi connectivity index (χ0n) is 10.3. The molecular formula is C12H18N2O3S. The fourth-order valence-electron chi connectivity index (χ4n) is 2.21. The SMILES string of the molecule is Cc1cc(N)cc(S(=O)(=O)N2CCC[C@H](O)C2)c1. The number of nitrogen functional groups attached to an aromatic ring is 1. The minimum atomic E-state index is -3.55. The molecule has 1 fully saturated rings. The van der Waals surface area contributed by atoms with Crippen molar-refractivity contribution in [1.29, 1.82) is 0 Å². The van der Waals surface area contributed by atoms with E-state index in [-0.39, 0.29) is 11.4 Å². The van der Waals surface area contributed by atoms with Gasteiger partial charge in [0.25, 0.3) is 0 Å². The summed E-state index contributed by atoms with van der Waals surface area (Å²) in [5.41, 5.74) is 6.93. The second kappa shape index (κ2) is 4.87. The Morgan fingerprint density at radius 1 is 1.39 bits per heavy atom. The number of nitrogens with two attached hydrogens (primary N) is 1. The smallest absolute Gasteiger partial charge is 0.243 e. The largest absolute Gasteiger partial charge is 0.399 e. The van der Waals surface area contributed by atoms with Gasteiger partial charge in [0.2, 0.25) is 10.0 Å². The number of β-amino-alcohol motifs (C(OH)–C–C–N with tert-alkyl or cyclic N) is 1. The molecule has 1 aromatic rings. The molecule has 18 heavy (non-hydrogen) atoms. The van der Waals surface area contributed by atoms with E-state index >= 15 is 0 Å². The van der Waals surface area contributed by atoms with Crippen LogP contribution in [0.15, 0.2) is 23.1 Å². The molecule has 0 bridgehead atoms. The number of anilines is 1. The van der Waals surface area contributed by atoms with Crippen molar-refractivity contribution in [1.82, 2.24) is 4.31 Å². The zero-order valence-corrected chi connectivity index (χ0v) is 11.2. The Morgan fingerprint density at radius 3 is 2.72 bits per heavy atom. The molecule has 0 aliphatic carbocycles. The van der Waals surface area contributed by atoms with Crippen molar-refractivity contribution in [2.45, 2.75) is 30.8 Å². The molecule has 100 valence electrons. The third-order valence-electron chi connectivity index (χ3n) is 3.07. The van der Waals surface area contributed by atoms with E-state index in [1.807, 2.05) is 0 Å². The van der Waals surface area contributed by atoms with Gasteiger partial charge in [0, 0.05) is 18.8 Å². The average molecular weight is 270 g/mol. The standard InChI is InChI=1S/C12H18N2O3S/c1-9-5-10(13)7-12(6-9)18(16,17)14-4-2-3-11(15)8-14/h5-7,11,15H,2-4,8,13H2,1H3/t11-/m0/s1. The summed E-state index contributed by atoms with van der Waals surface area (Å²) in [7, 11) is -3.55. The van der Waals surface area contributed by atoms with Crippen LogP contribution in [0.25, 0.3) is 0 Å². The minimum Gasteiger partial charge on any atom is -0.399 e. The van der Waals surface area contributed by atoms with Crippen LogP contribution in [0.2, 0.25) is 0 Å². The number of piperidine rings is 1. The van der Waals surface area contributed by atoms with Crippen LogP contribution in [0.5, 0.6) is 0 Å². The molecule has 0 aromatic heterocycles. The van der Waals surface area contributed by atoms with Crippen molar-refractivity contribution in [3.05, 3.63) is 23.8 Å². The first-order valence-electron chi connectivity index (χ1n) is 5.95. The molecule has 1 aliphatic rings. The fraction of sp³-hybridized carbons (Fsp3) is 0.500. The van der Waals surface area contributed by atoms with Crippen molar-refractivity contribution in [3.8, 4) is 0 Å². The second-order valence-electron chi connectivity index (χ2n) is 4.74. The van der Waals surface area contributed by atoms with Gasteiger partial charge in [-0.15, -0.1) is 0 Å². The van der Waals surface area contributed by atoms with Gasteiger partial charge in [-0.1, -0.05) is 0 Å². The highest BCUT2D eigenvalue weighted by Gasteiger charge is 2.29. The number of aryl methyl sites for hydroxylation is 1. The van der Waals surface area contributed by atoms with Gasteiger partial charge in [0.15, 0.2) is 0 Å². The number of hydrogen-bond donors (Lipinski definition) is 2. The molecule has 5 nitrogen and oxygen atoms in total. The Kier molecular flexibility index (Phi) is 3.61. The molecule has 0 spiro atoms. The molecule has 2 rings (SSSR count). The van der Waals surface area contributed by atoms with Gasteiger partial charge >= 0.3 is 0 Å². The number of aliphatic hydroxyl groups is 1. The van der Waals surface area contributed by atoms with Crippen LogP contribution in [-0.4, -0.2) is 37.0 Å². The maximum absolute atomic E-state index is 12.4. The molecule has 1 aromatic carbocycles. The number of aliphatic hydroxyl groups excluding tert-OH is 1. The summed E-state index contributed by atoms with van der Waals surface area (Å²) in [6.07, 6.45) is 0.764. The summed E-state index contributed by atoms with van der Waals surface area (Å²) in [4.78, 5) is 0.203. The molecular weight excluding hydrogens is 252 g/mol. The molecule has 3 N–H and O–H groups in total. The second-order valence-corrected chi connectivity index (χ2v) is 6.68. The number of rotatable bonds is 2. The predicted octanol–water partition coefficient (Wildman–Crippen LogP) is 0.723. The van der Waals surface area contributed by atoms with Crippen LogP contribution >= 0.6 is 0 Å². The number of sulfonamides is 1. The van der Waals surface area contributed by atoms with Crippen LogP contribution in [0.4, 0.5) is 5.69 Å². The summed E-state index contributed by atoms with van der Waals surface area (Å²) in [6, 6.07) is 4.79. The zero-order chi connectivity index (χ0) is 13.3. The molecule has 1 saturated heterocycles.